The molecule has 0 spiro atoms. The highest BCUT2D eigenvalue weighted by molar-refractivity contribution is 6.10. The van der Waals surface area contributed by atoms with E-state index in [-0.39, 0.29) is 5.78 Å². The van der Waals surface area contributed by atoms with Gasteiger partial charge in [0, 0.05) is 0 Å². The summed E-state index contributed by atoms with van der Waals surface area (Å²) in [6.45, 7) is 2.02. The van der Waals surface area contributed by atoms with Crippen LogP contribution in [0.4, 0.5) is 0 Å². The predicted molar refractivity (Wildman–Crippen MR) is 72.4 cm³/mol. The Morgan fingerprint density at radius 2 is 1.89 bits per heavy atom. The number of esters is 1. The van der Waals surface area contributed by atoms with Crippen molar-refractivity contribution >= 4 is 11.8 Å². The van der Waals surface area contributed by atoms with E-state index in [1.54, 1.807) is 24.3 Å². The van der Waals surface area contributed by atoms with Crippen LogP contribution in [0.3, 0.4) is 0 Å². The van der Waals surface area contributed by atoms with Gasteiger partial charge in [-0.2, -0.15) is 0 Å². The van der Waals surface area contributed by atoms with Gasteiger partial charge in [-0.3, -0.25) is 9.59 Å². The quantitative estimate of drug-likeness (QED) is 0.431. The largest absolute Gasteiger partial charge is 0.496 e. The normalized spacial score (nSPS) is 11.7. The number of hydrogen-bond donors (Lipinski definition) is 0. The molecule has 0 amide bonds. The maximum absolute atomic E-state index is 12.4. The Kier molecular flexibility index (Phi) is 6.06. The van der Waals surface area contributed by atoms with Crippen LogP contribution in [0.25, 0.3) is 0 Å². The summed E-state index contributed by atoms with van der Waals surface area (Å²) in [5, 5.41) is 0. The van der Waals surface area contributed by atoms with E-state index in [0.717, 1.165) is 12.8 Å². The monoisotopic (exact) mass is 264 g/mol. The Morgan fingerprint density at radius 1 is 1.21 bits per heavy atom. The van der Waals surface area contributed by atoms with Crippen molar-refractivity contribution in [2.75, 3.05) is 14.2 Å². The average Bonchev–Trinajstić information content (AvgIpc) is 2.46. The highest BCUT2D eigenvalue weighted by Crippen LogP contribution is 2.24. The fourth-order valence-electron chi connectivity index (χ4n) is 1.94. The molecule has 0 saturated carbocycles. The van der Waals surface area contributed by atoms with E-state index in [1.807, 2.05) is 6.92 Å². The van der Waals surface area contributed by atoms with Gasteiger partial charge in [0.1, 0.15) is 11.7 Å². The average molecular weight is 264 g/mol. The molecular weight excluding hydrogens is 244 g/mol. The lowest BCUT2D eigenvalue weighted by Crippen LogP contribution is -2.25. The minimum Gasteiger partial charge on any atom is -0.496 e. The van der Waals surface area contributed by atoms with Crippen LogP contribution in [0.1, 0.15) is 36.5 Å². The van der Waals surface area contributed by atoms with Gasteiger partial charge in [0.2, 0.25) is 0 Å². The molecule has 0 saturated heterocycles. The SMILES string of the molecule is CCCCC(C(=O)OC)C(=O)c1ccccc1OC. The molecular formula is C15H20O4. The predicted octanol–water partition coefficient (Wildman–Crippen LogP) is 2.86. The number of ether oxygens (including phenoxy) is 2. The molecule has 0 aromatic heterocycles. The van der Waals surface area contributed by atoms with Crippen LogP contribution in [0, 0.1) is 5.92 Å². The van der Waals surface area contributed by atoms with Gasteiger partial charge in [-0.05, 0) is 18.6 Å². The second-order valence-corrected chi connectivity index (χ2v) is 4.28. The maximum atomic E-state index is 12.4. The van der Waals surface area contributed by atoms with Crippen molar-refractivity contribution in [3.63, 3.8) is 0 Å². The van der Waals surface area contributed by atoms with Crippen LogP contribution < -0.4 is 4.74 Å². The molecule has 0 radical (unpaired) electrons. The lowest BCUT2D eigenvalue weighted by molar-refractivity contribution is -0.143. The highest BCUT2D eigenvalue weighted by Gasteiger charge is 2.29. The van der Waals surface area contributed by atoms with Crippen LogP contribution in [0.5, 0.6) is 5.75 Å². The zero-order valence-electron chi connectivity index (χ0n) is 11.6. The van der Waals surface area contributed by atoms with Crippen molar-refractivity contribution in [1.82, 2.24) is 0 Å². The molecule has 1 aromatic carbocycles. The van der Waals surface area contributed by atoms with E-state index in [2.05, 4.69) is 0 Å². The number of Topliss-reactive ketones (excluding diaryl/α,β-unsaturated/α-hetero) is 1. The lowest BCUT2D eigenvalue weighted by Gasteiger charge is -2.15. The third-order valence-electron chi connectivity index (χ3n) is 3.02. The van der Waals surface area contributed by atoms with Crippen molar-refractivity contribution in [2.45, 2.75) is 26.2 Å². The fourth-order valence-corrected chi connectivity index (χ4v) is 1.94. The summed E-state index contributed by atoms with van der Waals surface area (Å²) in [5.41, 5.74) is 0.427. The molecule has 0 N–H and O–H groups in total. The molecule has 1 rings (SSSR count). The molecule has 1 unspecified atom stereocenters. The first kappa shape index (κ1) is 15.2. The Morgan fingerprint density at radius 3 is 2.47 bits per heavy atom. The number of hydrogen-bond acceptors (Lipinski definition) is 4. The molecule has 19 heavy (non-hydrogen) atoms. The topological polar surface area (TPSA) is 52.6 Å². The van der Waals surface area contributed by atoms with Gasteiger partial charge >= 0.3 is 5.97 Å². The van der Waals surface area contributed by atoms with E-state index < -0.39 is 11.9 Å². The van der Waals surface area contributed by atoms with Gasteiger partial charge in [0.25, 0.3) is 0 Å². The van der Waals surface area contributed by atoms with Crippen LogP contribution in [0.2, 0.25) is 0 Å². The lowest BCUT2D eigenvalue weighted by atomic mass is 9.92. The Balaban J connectivity index is 3.01. The zero-order valence-corrected chi connectivity index (χ0v) is 11.6. The minimum absolute atomic E-state index is 0.238. The number of unbranched alkanes of at least 4 members (excludes halogenated alkanes) is 1. The van der Waals surface area contributed by atoms with Crippen molar-refractivity contribution in [1.29, 1.82) is 0 Å². The molecule has 0 fully saturated rings. The van der Waals surface area contributed by atoms with Crippen LogP contribution >= 0.6 is 0 Å². The number of carbonyl (C=O) groups is 2. The second kappa shape index (κ2) is 7.56. The third kappa shape index (κ3) is 3.81. The molecule has 0 aliphatic carbocycles. The standard InChI is InChI=1S/C15H20O4/c1-4-5-8-12(15(17)19-3)14(16)11-9-6-7-10-13(11)18-2/h6-7,9-10,12H,4-5,8H2,1-3H3. The molecule has 0 heterocycles. The Bertz CT molecular complexity index is 440. The summed E-state index contributed by atoms with van der Waals surface area (Å²) >= 11 is 0. The summed E-state index contributed by atoms with van der Waals surface area (Å²) < 4.78 is 9.89. The Labute approximate surface area is 113 Å². The number of methoxy groups -OCH3 is 2. The summed E-state index contributed by atoms with van der Waals surface area (Å²) in [6, 6.07) is 6.92. The molecule has 0 bridgehead atoms. The van der Waals surface area contributed by atoms with Crippen LogP contribution in [-0.2, 0) is 9.53 Å². The molecule has 0 aliphatic rings. The van der Waals surface area contributed by atoms with Crippen molar-refractivity contribution in [2.24, 2.45) is 5.92 Å². The smallest absolute Gasteiger partial charge is 0.316 e. The third-order valence-corrected chi connectivity index (χ3v) is 3.02. The minimum atomic E-state index is -0.749. The first-order chi connectivity index (χ1) is 9.15. The fraction of sp³-hybridized carbons (Fsp3) is 0.467. The molecule has 104 valence electrons. The number of rotatable bonds is 7. The number of ketones is 1. The van der Waals surface area contributed by atoms with Gasteiger partial charge in [0.05, 0.1) is 19.8 Å². The van der Waals surface area contributed by atoms with E-state index in [0.29, 0.717) is 17.7 Å². The summed E-state index contributed by atoms with van der Waals surface area (Å²) in [5.74, 6) is -0.985. The maximum Gasteiger partial charge on any atom is 0.316 e. The highest BCUT2D eigenvalue weighted by atomic mass is 16.5. The van der Waals surface area contributed by atoms with Crippen molar-refractivity contribution in [3.05, 3.63) is 29.8 Å². The van der Waals surface area contributed by atoms with Crippen LogP contribution in [-0.4, -0.2) is 26.0 Å². The van der Waals surface area contributed by atoms with Crippen molar-refractivity contribution < 1.29 is 19.1 Å². The number of benzene rings is 1. The molecule has 1 aromatic rings. The van der Waals surface area contributed by atoms with Gasteiger partial charge in [-0.25, -0.2) is 0 Å². The van der Waals surface area contributed by atoms with Gasteiger partial charge in [0.15, 0.2) is 5.78 Å². The van der Waals surface area contributed by atoms with Gasteiger partial charge in [-0.1, -0.05) is 31.9 Å². The van der Waals surface area contributed by atoms with Crippen molar-refractivity contribution in [3.8, 4) is 5.75 Å². The molecule has 0 aliphatic heterocycles. The van der Waals surface area contributed by atoms with E-state index >= 15 is 0 Å². The van der Waals surface area contributed by atoms with Gasteiger partial charge < -0.3 is 9.47 Å². The zero-order chi connectivity index (χ0) is 14.3. The number of carbonyl (C=O) groups excluding carboxylic acids is 2. The number of para-hydroxylation sites is 1. The summed E-state index contributed by atoms with van der Waals surface area (Å²) in [7, 11) is 2.81. The van der Waals surface area contributed by atoms with E-state index in [9.17, 15) is 9.59 Å². The molecule has 4 heteroatoms. The first-order valence-electron chi connectivity index (χ1n) is 6.40. The van der Waals surface area contributed by atoms with E-state index in [4.69, 9.17) is 9.47 Å². The summed E-state index contributed by atoms with van der Waals surface area (Å²) in [6.07, 6.45) is 2.23. The van der Waals surface area contributed by atoms with Gasteiger partial charge in [-0.15, -0.1) is 0 Å². The Hall–Kier alpha value is -1.84. The first-order valence-corrected chi connectivity index (χ1v) is 6.40. The molecule has 4 nitrogen and oxygen atoms in total. The molecule has 1 atom stereocenters. The van der Waals surface area contributed by atoms with E-state index in [1.165, 1.54) is 14.2 Å². The summed E-state index contributed by atoms with van der Waals surface area (Å²) in [4.78, 5) is 24.2. The second-order valence-electron chi connectivity index (χ2n) is 4.28. The van der Waals surface area contributed by atoms with Crippen LogP contribution in [0.15, 0.2) is 24.3 Å².